The van der Waals surface area contributed by atoms with Crippen molar-refractivity contribution in [2.75, 3.05) is 26.2 Å². The van der Waals surface area contributed by atoms with E-state index in [2.05, 4.69) is 10.2 Å². The van der Waals surface area contributed by atoms with Crippen molar-refractivity contribution in [2.24, 2.45) is 0 Å². The Morgan fingerprint density at radius 2 is 2.00 bits per heavy atom. The molecule has 2 N–H and O–H groups in total. The second-order valence-corrected chi connectivity index (χ2v) is 3.87. The van der Waals surface area contributed by atoms with Crippen molar-refractivity contribution in [3.8, 4) is 0 Å². The number of nitrogens with one attached hydrogen (secondary N) is 1. The van der Waals surface area contributed by atoms with E-state index in [-0.39, 0.29) is 12.1 Å². The number of rotatable bonds is 1. The zero-order valence-corrected chi connectivity index (χ0v) is 7.70. The van der Waals surface area contributed by atoms with Crippen LogP contribution in [0.15, 0.2) is 0 Å². The van der Waals surface area contributed by atoms with Crippen LogP contribution in [0.5, 0.6) is 0 Å². The maximum absolute atomic E-state index is 11.0. The Kier molecular flexibility index (Phi) is 2.62. The number of aliphatic hydroxyl groups excluding tert-OH is 1. The Hall–Kier alpha value is -0.450. The number of nitrogens with zero attached hydrogens (tertiary/aromatic N) is 1. The second kappa shape index (κ2) is 3.74. The Balaban J connectivity index is 1.90. The lowest BCUT2D eigenvalue weighted by molar-refractivity contribution is -0.122. The fraction of sp³-hybridized carbons (Fsp3) is 0.889. The van der Waals surface area contributed by atoms with E-state index in [0.29, 0.717) is 25.2 Å². The van der Waals surface area contributed by atoms with E-state index in [4.69, 9.17) is 0 Å². The molecule has 2 rings (SSSR count). The van der Waals surface area contributed by atoms with Gasteiger partial charge in [0.25, 0.3) is 0 Å². The van der Waals surface area contributed by atoms with Crippen LogP contribution in [0.3, 0.4) is 0 Å². The number of β-amino-alcohol motifs (C(OH)–C–C–N with tert-alkyl or cyclic N) is 1. The molecule has 0 spiro atoms. The van der Waals surface area contributed by atoms with Crippen LogP contribution < -0.4 is 5.32 Å². The summed E-state index contributed by atoms with van der Waals surface area (Å²) in [6.07, 6.45) is 1.06. The number of aliphatic hydroxyl groups is 1. The van der Waals surface area contributed by atoms with Gasteiger partial charge in [0.15, 0.2) is 0 Å². The van der Waals surface area contributed by atoms with Crippen molar-refractivity contribution >= 4 is 5.78 Å². The molecule has 4 nitrogen and oxygen atoms in total. The number of carbonyl (C=O) groups excluding carboxylic acids is 1. The molecule has 0 aromatic heterocycles. The standard InChI is InChI=1S/C9H16N2O2/c12-7-1-3-11(4-2-7)8-5-10-6-9(8)13/h8-10,13H,1-6H2/t8-,9-/m1/s1. The number of hydrogen-bond acceptors (Lipinski definition) is 4. The van der Waals surface area contributed by atoms with Crippen molar-refractivity contribution in [3.05, 3.63) is 0 Å². The van der Waals surface area contributed by atoms with Crippen LogP contribution in [0.1, 0.15) is 12.8 Å². The fourth-order valence-electron chi connectivity index (χ4n) is 2.13. The Labute approximate surface area is 77.9 Å². The molecule has 2 aliphatic rings. The van der Waals surface area contributed by atoms with Gasteiger partial charge in [-0.3, -0.25) is 9.69 Å². The van der Waals surface area contributed by atoms with E-state index >= 15 is 0 Å². The summed E-state index contributed by atoms with van der Waals surface area (Å²) in [7, 11) is 0. The van der Waals surface area contributed by atoms with Crippen molar-refractivity contribution in [2.45, 2.75) is 25.0 Å². The first-order valence-corrected chi connectivity index (χ1v) is 4.92. The molecule has 0 saturated carbocycles. The van der Waals surface area contributed by atoms with Gasteiger partial charge >= 0.3 is 0 Å². The van der Waals surface area contributed by atoms with E-state index < -0.39 is 0 Å². The van der Waals surface area contributed by atoms with Crippen molar-refractivity contribution in [1.82, 2.24) is 10.2 Å². The maximum Gasteiger partial charge on any atom is 0.135 e. The lowest BCUT2D eigenvalue weighted by Gasteiger charge is -2.32. The Morgan fingerprint density at radius 3 is 2.54 bits per heavy atom. The first kappa shape index (κ1) is 9.12. The molecule has 0 aliphatic carbocycles. The summed E-state index contributed by atoms with van der Waals surface area (Å²) in [6, 6.07) is 0.230. The predicted molar refractivity (Wildman–Crippen MR) is 48.5 cm³/mol. The van der Waals surface area contributed by atoms with E-state index in [0.717, 1.165) is 19.6 Å². The van der Waals surface area contributed by atoms with Crippen LogP contribution in [-0.2, 0) is 4.79 Å². The molecule has 2 heterocycles. The fourth-order valence-corrected chi connectivity index (χ4v) is 2.13. The molecule has 74 valence electrons. The number of likely N-dealkylation sites (tertiary alicyclic amines) is 1. The molecular formula is C9H16N2O2. The lowest BCUT2D eigenvalue weighted by atomic mass is 10.1. The highest BCUT2D eigenvalue weighted by molar-refractivity contribution is 5.79. The summed E-state index contributed by atoms with van der Waals surface area (Å²) < 4.78 is 0. The smallest absolute Gasteiger partial charge is 0.135 e. The molecule has 0 aromatic rings. The zero-order valence-electron chi connectivity index (χ0n) is 7.70. The van der Waals surface area contributed by atoms with Gasteiger partial charge in [0.05, 0.1) is 6.10 Å². The number of ketones is 1. The van der Waals surface area contributed by atoms with Crippen LogP contribution in [0, 0.1) is 0 Å². The molecule has 13 heavy (non-hydrogen) atoms. The SMILES string of the molecule is O=C1CCN([C@@H]2CNC[C@H]2O)CC1. The van der Waals surface area contributed by atoms with Crippen LogP contribution >= 0.6 is 0 Å². The maximum atomic E-state index is 11.0. The third kappa shape index (κ3) is 1.90. The highest BCUT2D eigenvalue weighted by atomic mass is 16.3. The minimum absolute atomic E-state index is 0.230. The van der Waals surface area contributed by atoms with Crippen molar-refractivity contribution < 1.29 is 9.90 Å². The van der Waals surface area contributed by atoms with Gasteiger partial charge in [-0.15, -0.1) is 0 Å². The topological polar surface area (TPSA) is 52.6 Å². The molecule has 2 aliphatic heterocycles. The molecule has 2 atom stereocenters. The molecule has 0 radical (unpaired) electrons. The summed E-state index contributed by atoms with van der Waals surface area (Å²) in [6.45, 7) is 3.19. The molecule has 0 unspecified atom stereocenters. The van der Waals surface area contributed by atoms with Gasteiger partial charge in [0.2, 0.25) is 0 Å². The van der Waals surface area contributed by atoms with Crippen molar-refractivity contribution in [1.29, 1.82) is 0 Å². The summed E-state index contributed by atoms with van der Waals surface area (Å²) in [5, 5.41) is 12.8. The molecule has 4 heteroatoms. The van der Waals surface area contributed by atoms with E-state index in [1.165, 1.54) is 0 Å². The first-order chi connectivity index (χ1) is 6.27. The number of carbonyl (C=O) groups is 1. The van der Waals surface area contributed by atoms with Crippen LogP contribution in [0.25, 0.3) is 0 Å². The molecule has 0 bridgehead atoms. The average molecular weight is 184 g/mol. The summed E-state index contributed by atoms with van der Waals surface area (Å²) in [5.41, 5.74) is 0. The van der Waals surface area contributed by atoms with Gasteiger partial charge in [0.1, 0.15) is 5.78 Å². The highest BCUT2D eigenvalue weighted by Gasteiger charge is 2.32. The van der Waals surface area contributed by atoms with Gasteiger partial charge in [-0.1, -0.05) is 0 Å². The van der Waals surface area contributed by atoms with E-state index in [1.807, 2.05) is 0 Å². The Morgan fingerprint density at radius 1 is 1.31 bits per heavy atom. The number of piperidine rings is 1. The van der Waals surface area contributed by atoms with E-state index in [1.54, 1.807) is 0 Å². The Bertz CT molecular complexity index is 198. The van der Waals surface area contributed by atoms with Gasteiger partial charge in [-0.05, 0) is 0 Å². The molecular weight excluding hydrogens is 168 g/mol. The van der Waals surface area contributed by atoms with Crippen LogP contribution in [-0.4, -0.2) is 54.1 Å². The number of Topliss-reactive ketones (excluding diaryl/α,β-unsaturated/α-hetero) is 1. The summed E-state index contributed by atoms with van der Waals surface area (Å²) in [4.78, 5) is 13.2. The largest absolute Gasteiger partial charge is 0.390 e. The molecule has 0 amide bonds. The third-order valence-electron chi connectivity index (χ3n) is 2.98. The lowest BCUT2D eigenvalue weighted by Crippen LogP contribution is -2.47. The van der Waals surface area contributed by atoms with Crippen LogP contribution in [0.4, 0.5) is 0 Å². The molecule has 2 fully saturated rings. The molecule has 0 aromatic carbocycles. The average Bonchev–Trinajstić information content (AvgIpc) is 2.53. The van der Waals surface area contributed by atoms with Crippen molar-refractivity contribution in [3.63, 3.8) is 0 Å². The third-order valence-corrected chi connectivity index (χ3v) is 2.98. The van der Waals surface area contributed by atoms with Gasteiger partial charge in [-0.2, -0.15) is 0 Å². The normalized spacial score (nSPS) is 36.8. The van der Waals surface area contributed by atoms with Gasteiger partial charge in [0, 0.05) is 45.1 Å². The minimum Gasteiger partial charge on any atom is -0.390 e. The van der Waals surface area contributed by atoms with E-state index in [9.17, 15) is 9.90 Å². The van der Waals surface area contributed by atoms with Gasteiger partial charge in [-0.25, -0.2) is 0 Å². The van der Waals surface area contributed by atoms with Gasteiger partial charge < -0.3 is 10.4 Å². The quantitative estimate of drug-likeness (QED) is 0.548. The van der Waals surface area contributed by atoms with Crippen LogP contribution in [0.2, 0.25) is 0 Å². The predicted octanol–water partition coefficient (Wildman–Crippen LogP) is -1.02. The minimum atomic E-state index is -0.256. The number of hydrogen-bond donors (Lipinski definition) is 2. The summed E-state index contributed by atoms with van der Waals surface area (Å²) in [5.74, 6) is 0.358. The highest BCUT2D eigenvalue weighted by Crippen LogP contribution is 2.14. The second-order valence-electron chi connectivity index (χ2n) is 3.87. The molecule has 2 saturated heterocycles. The zero-order chi connectivity index (χ0) is 9.26. The summed E-state index contributed by atoms with van der Waals surface area (Å²) >= 11 is 0. The monoisotopic (exact) mass is 184 g/mol. The first-order valence-electron chi connectivity index (χ1n) is 4.92.